The van der Waals surface area contributed by atoms with E-state index >= 15 is 0 Å². The number of rotatable bonds is 3. The summed E-state index contributed by atoms with van der Waals surface area (Å²) in [6.07, 6.45) is 1.48. The molecule has 0 saturated heterocycles. The second kappa shape index (κ2) is 3.76. The number of nitrogens with one attached hydrogen (secondary N) is 2. The first-order valence-electron chi connectivity index (χ1n) is 1.85. The number of hydrogen-bond donors (Lipinski definition) is 3. The minimum Gasteiger partial charge on any atom is -0.580 e. The van der Waals surface area contributed by atoms with Gasteiger partial charge in [0.15, 0.2) is 0 Å². The molecule has 3 N–H and O–H groups in total. The molecule has 0 aromatic heterocycles. The van der Waals surface area contributed by atoms with E-state index in [2.05, 4.69) is 12.0 Å². The predicted octanol–water partition coefficient (Wildman–Crippen LogP) is -1.55. The van der Waals surface area contributed by atoms with Crippen LogP contribution in [0.5, 0.6) is 0 Å². The molecular weight excluding hydrogens is 96.0 g/mol. The van der Waals surface area contributed by atoms with Crippen LogP contribution in [-0.2, 0) is 0 Å². The summed E-state index contributed by atoms with van der Waals surface area (Å²) < 4.78 is 0. The molecule has 0 radical (unpaired) electrons. The lowest BCUT2D eigenvalue weighted by Crippen LogP contribution is -3.12. The summed E-state index contributed by atoms with van der Waals surface area (Å²) in [5.41, 5.74) is 2.09. The van der Waals surface area contributed by atoms with Crippen LogP contribution in [0.15, 0.2) is 12.7 Å². The van der Waals surface area contributed by atoms with Gasteiger partial charge >= 0.3 is 0 Å². The Morgan fingerprint density at radius 3 is 2.71 bits per heavy atom. The molecule has 0 aliphatic heterocycles. The lowest BCUT2D eigenvalue weighted by molar-refractivity contribution is -1.08. The largest absolute Gasteiger partial charge is 0.580 e. The molecule has 4 heteroatoms. The van der Waals surface area contributed by atoms with Crippen molar-refractivity contribution in [3.63, 3.8) is 0 Å². The highest BCUT2D eigenvalue weighted by atomic mass is 16.8. The molecule has 4 nitrogen and oxygen atoms in total. The third-order valence-corrected chi connectivity index (χ3v) is 0.398. The molecule has 42 valence electrons. The van der Waals surface area contributed by atoms with Gasteiger partial charge in [0.2, 0.25) is 0 Å². The highest BCUT2D eigenvalue weighted by Crippen LogP contribution is 1.47. The molecule has 0 aromatic rings. The average molecular weight is 104 g/mol. The second-order valence-electron chi connectivity index (χ2n) is 0.975. The Kier molecular flexibility index (Phi) is 3.53. The fourth-order valence-corrected chi connectivity index (χ4v) is 0.159. The van der Waals surface area contributed by atoms with Crippen molar-refractivity contribution in [2.24, 2.45) is 0 Å². The van der Waals surface area contributed by atoms with E-state index in [4.69, 9.17) is 5.21 Å². The van der Waals surface area contributed by atoms with Crippen LogP contribution < -0.4 is 10.8 Å². The normalized spacial score (nSPS) is 13.4. The Bertz CT molecular complexity index is 54.9. The summed E-state index contributed by atoms with van der Waals surface area (Å²) in [4.78, 5) is 0. The van der Waals surface area contributed by atoms with Crippen molar-refractivity contribution in [2.75, 3.05) is 6.54 Å². The van der Waals surface area contributed by atoms with E-state index in [0.29, 0.717) is 6.54 Å². The van der Waals surface area contributed by atoms with Gasteiger partial charge in [0, 0.05) is 0 Å². The van der Waals surface area contributed by atoms with Gasteiger partial charge in [-0.25, -0.2) is 0 Å². The molecule has 0 saturated carbocycles. The molecule has 0 fully saturated rings. The smallest absolute Gasteiger partial charge is 0.0660 e. The third-order valence-electron chi connectivity index (χ3n) is 0.398. The maximum Gasteiger partial charge on any atom is 0.0660 e. The zero-order chi connectivity index (χ0) is 5.70. The van der Waals surface area contributed by atoms with Crippen LogP contribution in [0.1, 0.15) is 0 Å². The van der Waals surface area contributed by atoms with Gasteiger partial charge in [-0.2, -0.15) is 5.21 Å². The molecule has 0 heterocycles. The maximum absolute atomic E-state index is 9.60. The van der Waals surface area contributed by atoms with Crippen molar-refractivity contribution in [3.05, 3.63) is 17.9 Å². The molecule has 7 heavy (non-hydrogen) atoms. The summed E-state index contributed by atoms with van der Waals surface area (Å²) in [7, 11) is 0. The van der Waals surface area contributed by atoms with Crippen molar-refractivity contribution < 1.29 is 10.5 Å². The molecule has 0 spiro atoms. The number of quaternary nitrogens is 1. The van der Waals surface area contributed by atoms with E-state index in [1.54, 1.807) is 0 Å². The SMILES string of the molecule is C=CCN[NH+]([O-])O. The third kappa shape index (κ3) is 5.58. The van der Waals surface area contributed by atoms with Crippen LogP contribution in [-0.4, -0.2) is 11.8 Å². The van der Waals surface area contributed by atoms with E-state index in [1.807, 2.05) is 0 Å². The molecule has 0 rings (SSSR count). The molecule has 0 aromatic carbocycles. The van der Waals surface area contributed by atoms with Crippen LogP contribution in [0.2, 0.25) is 0 Å². The van der Waals surface area contributed by atoms with Gasteiger partial charge < -0.3 is 5.21 Å². The monoisotopic (exact) mass is 104 g/mol. The Morgan fingerprint density at radius 2 is 2.57 bits per heavy atom. The van der Waals surface area contributed by atoms with E-state index in [-0.39, 0.29) is 0 Å². The molecule has 0 aliphatic rings. The van der Waals surface area contributed by atoms with Crippen molar-refractivity contribution >= 4 is 0 Å². The van der Waals surface area contributed by atoms with Gasteiger partial charge in [-0.15, -0.1) is 17.3 Å². The van der Waals surface area contributed by atoms with Crippen LogP contribution in [0.25, 0.3) is 0 Å². The first kappa shape index (κ1) is 6.58. The fourth-order valence-electron chi connectivity index (χ4n) is 0.159. The van der Waals surface area contributed by atoms with Gasteiger partial charge in [-0.3, -0.25) is 0 Å². The highest BCUT2D eigenvalue weighted by Gasteiger charge is 1.79. The predicted molar refractivity (Wildman–Crippen MR) is 24.3 cm³/mol. The van der Waals surface area contributed by atoms with Crippen molar-refractivity contribution in [1.29, 1.82) is 0 Å². The highest BCUT2D eigenvalue weighted by molar-refractivity contribution is 4.65. The lowest BCUT2D eigenvalue weighted by atomic mass is 10.7. The van der Waals surface area contributed by atoms with E-state index < -0.39 is 5.34 Å². The zero-order valence-corrected chi connectivity index (χ0v) is 3.85. The zero-order valence-electron chi connectivity index (χ0n) is 3.85. The van der Waals surface area contributed by atoms with Crippen LogP contribution in [0.4, 0.5) is 0 Å². The van der Waals surface area contributed by atoms with Crippen LogP contribution in [0, 0.1) is 5.21 Å². The Labute approximate surface area is 41.6 Å². The Balaban J connectivity index is 2.81. The molecule has 0 amide bonds. The summed E-state index contributed by atoms with van der Waals surface area (Å²) >= 11 is 0. The van der Waals surface area contributed by atoms with Gasteiger partial charge in [-0.1, -0.05) is 6.08 Å². The molecule has 1 unspecified atom stereocenters. The summed E-state index contributed by atoms with van der Waals surface area (Å²) in [6, 6.07) is 0. The topological polar surface area (TPSA) is 59.8 Å². The number of hydrogen-bond acceptors (Lipinski definition) is 3. The van der Waals surface area contributed by atoms with Crippen molar-refractivity contribution in [1.82, 2.24) is 5.43 Å². The van der Waals surface area contributed by atoms with Gasteiger partial charge in [0.25, 0.3) is 0 Å². The maximum atomic E-state index is 9.60. The van der Waals surface area contributed by atoms with Gasteiger partial charge in [0.1, 0.15) is 0 Å². The van der Waals surface area contributed by atoms with Gasteiger partial charge in [0.05, 0.1) is 6.54 Å². The summed E-state index contributed by atoms with van der Waals surface area (Å²) in [6.45, 7) is 3.62. The van der Waals surface area contributed by atoms with Crippen molar-refractivity contribution in [3.8, 4) is 0 Å². The van der Waals surface area contributed by atoms with E-state index in [0.717, 1.165) is 0 Å². The lowest BCUT2D eigenvalue weighted by Gasteiger charge is -2.09. The minimum atomic E-state index is -1.01. The summed E-state index contributed by atoms with van der Waals surface area (Å²) in [5, 5.41) is 16.5. The van der Waals surface area contributed by atoms with Gasteiger partial charge in [-0.05, 0) is 0 Å². The molecule has 1 atom stereocenters. The van der Waals surface area contributed by atoms with Crippen LogP contribution >= 0.6 is 0 Å². The quantitative estimate of drug-likeness (QED) is 0.300. The first-order chi connectivity index (χ1) is 3.27. The Hall–Kier alpha value is -0.420. The Morgan fingerprint density at radius 1 is 2.00 bits per heavy atom. The second-order valence-corrected chi connectivity index (χ2v) is 0.975. The molecule has 0 bridgehead atoms. The van der Waals surface area contributed by atoms with E-state index in [1.165, 1.54) is 6.08 Å². The van der Waals surface area contributed by atoms with E-state index in [9.17, 15) is 5.21 Å². The van der Waals surface area contributed by atoms with Crippen molar-refractivity contribution in [2.45, 2.75) is 0 Å². The first-order valence-corrected chi connectivity index (χ1v) is 1.85. The minimum absolute atomic E-state index is 0.315. The molecule has 0 aliphatic carbocycles. The van der Waals surface area contributed by atoms with Crippen LogP contribution in [0.3, 0.4) is 0 Å². The average Bonchev–Trinajstić information content (AvgIpc) is 1.61. The fraction of sp³-hybridized carbons (Fsp3) is 0.333. The molecular formula is C3H8N2O2. The standard InChI is InChI=1S/C3H8N2O2/c1-2-3-4-5(6)7/h2,4-6H,1,3H2. The summed E-state index contributed by atoms with van der Waals surface area (Å²) in [5.74, 6) is 0.